The molecule has 0 aromatic heterocycles. The number of ketones is 1. The molecule has 6 nitrogen and oxygen atoms in total. The normalized spacial score (nSPS) is 11.5. The Morgan fingerprint density at radius 3 is 2.29 bits per heavy atom. The summed E-state index contributed by atoms with van der Waals surface area (Å²) in [5.74, 6) is -1.22. The van der Waals surface area contributed by atoms with Crippen molar-refractivity contribution >= 4 is 33.4 Å². The van der Waals surface area contributed by atoms with E-state index in [2.05, 4.69) is 6.92 Å². The Labute approximate surface area is 170 Å². The molecule has 0 fully saturated rings. The van der Waals surface area contributed by atoms with E-state index in [1.807, 2.05) is 12.1 Å². The van der Waals surface area contributed by atoms with E-state index in [1.165, 1.54) is 26.2 Å². The number of halogens is 1. The van der Waals surface area contributed by atoms with E-state index < -0.39 is 22.6 Å². The molecule has 0 amide bonds. The van der Waals surface area contributed by atoms with Gasteiger partial charge in [-0.15, -0.1) is 0 Å². The van der Waals surface area contributed by atoms with Crippen LogP contribution in [0.3, 0.4) is 0 Å². The first-order valence-corrected chi connectivity index (χ1v) is 10.5. The fourth-order valence-electron chi connectivity index (χ4n) is 2.47. The summed E-state index contributed by atoms with van der Waals surface area (Å²) in [4.78, 5) is 24.5. The van der Waals surface area contributed by atoms with Gasteiger partial charge in [0.2, 0.25) is 10.0 Å². The van der Waals surface area contributed by atoms with Crippen molar-refractivity contribution < 1.29 is 22.7 Å². The lowest BCUT2D eigenvalue weighted by atomic mass is 10.1. The third-order valence-corrected chi connectivity index (χ3v) is 6.23. The van der Waals surface area contributed by atoms with Gasteiger partial charge in [-0.25, -0.2) is 17.5 Å². The molecule has 150 valence electrons. The second-order valence-corrected chi connectivity index (χ2v) is 8.93. The second kappa shape index (κ2) is 9.32. The number of rotatable bonds is 8. The first-order chi connectivity index (χ1) is 13.2. The summed E-state index contributed by atoms with van der Waals surface area (Å²) < 4.78 is 30.5. The number of esters is 1. The van der Waals surface area contributed by atoms with Crippen molar-refractivity contribution in [1.82, 2.24) is 4.31 Å². The van der Waals surface area contributed by atoms with E-state index in [0.29, 0.717) is 5.56 Å². The molecule has 2 aromatic carbocycles. The fourth-order valence-corrected chi connectivity index (χ4v) is 3.59. The zero-order valence-corrected chi connectivity index (χ0v) is 17.5. The van der Waals surface area contributed by atoms with Gasteiger partial charge in [0.15, 0.2) is 12.4 Å². The summed E-state index contributed by atoms with van der Waals surface area (Å²) in [5.41, 5.74) is 1.44. The largest absolute Gasteiger partial charge is 0.454 e. The van der Waals surface area contributed by atoms with E-state index in [1.54, 1.807) is 12.1 Å². The molecule has 0 saturated carbocycles. The monoisotopic (exact) mass is 423 g/mol. The highest BCUT2D eigenvalue weighted by Crippen LogP contribution is 2.23. The van der Waals surface area contributed by atoms with Gasteiger partial charge in [-0.3, -0.25) is 4.79 Å². The van der Waals surface area contributed by atoms with Crippen LogP contribution in [0.4, 0.5) is 0 Å². The molecular weight excluding hydrogens is 402 g/mol. The number of benzene rings is 2. The molecule has 0 aliphatic carbocycles. The highest BCUT2D eigenvalue weighted by molar-refractivity contribution is 7.89. The second-order valence-electron chi connectivity index (χ2n) is 6.38. The molecule has 2 aromatic rings. The number of hydrogen-bond acceptors (Lipinski definition) is 5. The van der Waals surface area contributed by atoms with Crippen molar-refractivity contribution in [2.75, 3.05) is 20.7 Å². The van der Waals surface area contributed by atoms with Crippen LogP contribution in [-0.2, 0) is 21.2 Å². The maximum Gasteiger partial charge on any atom is 0.340 e. The molecule has 0 radical (unpaired) electrons. The van der Waals surface area contributed by atoms with Crippen molar-refractivity contribution in [3.05, 3.63) is 64.2 Å². The van der Waals surface area contributed by atoms with Crippen molar-refractivity contribution in [1.29, 1.82) is 0 Å². The van der Waals surface area contributed by atoms with Crippen LogP contribution in [0, 0.1) is 0 Å². The lowest BCUT2D eigenvalue weighted by Crippen LogP contribution is -2.22. The molecule has 8 heteroatoms. The maximum atomic E-state index is 12.3. The fraction of sp³-hybridized carbons (Fsp3) is 0.300. The van der Waals surface area contributed by atoms with Gasteiger partial charge in [0.1, 0.15) is 0 Å². The first kappa shape index (κ1) is 22.1. The van der Waals surface area contributed by atoms with Crippen LogP contribution in [-0.4, -0.2) is 45.2 Å². The van der Waals surface area contributed by atoms with Crippen molar-refractivity contribution in [2.24, 2.45) is 0 Å². The summed E-state index contributed by atoms with van der Waals surface area (Å²) >= 11 is 6.01. The Bertz CT molecular complexity index is 969. The zero-order chi connectivity index (χ0) is 20.9. The van der Waals surface area contributed by atoms with Gasteiger partial charge in [0.25, 0.3) is 0 Å². The summed E-state index contributed by atoms with van der Waals surface area (Å²) in [7, 11) is -0.970. The minimum absolute atomic E-state index is 0.0408. The number of Topliss-reactive ketones (excluding diaryl/α,β-unsaturated/α-hetero) is 1. The summed E-state index contributed by atoms with van der Waals surface area (Å²) in [5, 5.41) is 0.0408. The Hall–Kier alpha value is -2.22. The van der Waals surface area contributed by atoms with Crippen molar-refractivity contribution in [3.63, 3.8) is 0 Å². The van der Waals surface area contributed by atoms with Crippen molar-refractivity contribution in [2.45, 2.75) is 24.7 Å². The van der Waals surface area contributed by atoms with Gasteiger partial charge >= 0.3 is 5.97 Å². The van der Waals surface area contributed by atoms with Gasteiger partial charge in [0.05, 0.1) is 15.5 Å². The van der Waals surface area contributed by atoms with E-state index in [-0.39, 0.29) is 21.3 Å². The molecule has 0 unspecified atom stereocenters. The van der Waals surface area contributed by atoms with E-state index in [0.717, 1.165) is 28.8 Å². The van der Waals surface area contributed by atoms with E-state index in [9.17, 15) is 18.0 Å². The Kier molecular flexibility index (Phi) is 7.35. The van der Waals surface area contributed by atoms with Crippen LogP contribution in [0.5, 0.6) is 0 Å². The predicted octanol–water partition coefficient (Wildman–Crippen LogP) is 3.58. The summed E-state index contributed by atoms with van der Waals surface area (Å²) in [6.45, 7) is 1.61. The third kappa shape index (κ3) is 5.19. The molecule has 0 N–H and O–H groups in total. The average Bonchev–Trinajstić information content (AvgIpc) is 2.66. The molecule has 0 spiro atoms. The molecule has 0 saturated heterocycles. The topological polar surface area (TPSA) is 80.8 Å². The standard InChI is InChI=1S/C20H22ClNO5S/c1-4-5-14-6-8-15(9-7-14)19(23)13-27-20(24)17-12-16(10-11-18(17)21)28(25,26)22(2)3/h6-12H,4-5,13H2,1-3H3. The molecule has 0 aliphatic rings. The minimum atomic E-state index is -3.73. The van der Waals surface area contributed by atoms with Crippen LogP contribution in [0.25, 0.3) is 0 Å². The van der Waals surface area contributed by atoms with Gasteiger partial charge in [0, 0.05) is 19.7 Å². The Balaban J connectivity index is 2.11. The van der Waals surface area contributed by atoms with Gasteiger partial charge < -0.3 is 4.74 Å². The van der Waals surface area contributed by atoms with Crippen LogP contribution in [0.15, 0.2) is 47.4 Å². The third-order valence-electron chi connectivity index (χ3n) is 4.09. The quantitative estimate of drug-likeness (QED) is 0.478. The van der Waals surface area contributed by atoms with Crippen LogP contribution in [0.2, 0.25) is 5.02 Å². The van der Waals surface area contributed by atoms with Gasteiger partial charge in [-0.2, -0.15) is 0 Å². The number of sulfonamides is 1. The number of aryl methyl sites for hydroxylation is 1. The molecule has 0 aliphatic heterocycles. The summed E-state index contributed by atoms with van der Waals surface area (Å²) in [6, 6.07) is 10.9. The SMILES string of the molecule is CCCc1ccc(C(=O)COC(=O)c2cc(S(=O)(=O)N(C)C)ccc2Cl)cc1. The van der Waals surface area contributed by atoms with Crippen LogP contribution in [0.1, 0.15) is 39.6 Å². The minimum Gasteiger partial charge on any atom is -0.454 e. The molecule has 2 rings (SSSR count). The number of carbonyl (C=O) groups is 2. The Morgan fingerprint density at radius 2 is 1.71 bits per heavy atom. The highest BCUT2D eigenvalue weighted by atomic mass is 35.5. The molecule has 0 bridgehead atoms. The summed E-state index contributed by atoms with van der Waals surface area (Å²) in [6.07, 6.45) is 1.93. The predicted molar refractivity (Wildman–Crippen MR) is 107 cm³/mol. The lowest BCUT2D eigenvalue weighted by molar-refractivity contribution is 0.0474. The van der Waals surface area contributed by atoms with Crippen molar-refractivity contribution in [3.8, 4) is 0 Å². The highest BCUT2D eigenvalue weighted by Gasteiger charge is 2.22. The molecule has 0 heterocycles. The molecule has 28 heavy (non-hydrogen) atoms. The van der Waals surface area contributed by atoms with E-state index >= 15 is 0 Å². The first-order valence-electron chi connectivity index (χ1n) is 8.68. The maximum absolute atomic E-state index is 12.3. The van der Waals surface area contributed by atoms with E-state index in [4.69, 9.17) is 16.3 Å². The molecular formula is C20H22ClNO5S. The Morgan fingerprint density at radius 1 is 1.07 bits per heavy atom. The van der Waals surface area contributed by atoms with Gasteiger partial charge in [-0.05, 0) is 30.2 Å². The number of nitrogens with zero attached hydrogens (tertiary/aromatic N) is 1. The number of carbonyl (C=O) groups excluding carboxylic acids is 2. The number of ether oxygens (including phenoxy) is 1. The zero-order valence-electron chi connectivity index (χ0n) is 15.9. The lowest BCUT2D eigenvalue weighted by Gasteiger charge is -2.13. The number of hydrogen-bond donors (Lipinski definition) is 0. The smallest absolute Gasteiger partial charge is 0.340 e. The molecule has 0 atom stereocenters. The van der Waals surface area contributed by atoms with Gasteiger partial charge in [-0.1, -0.05) is 49.2 Å². The van der Waals surface area contributed by atoms with Crippen LogP contribution >= 0.6 is 11.6 Å². The average molecular weight is 424 g/mol. The van der Waals surface area contributed by atoms with Crippen LogP contribution < -0.4 is 0 Å².